The molecule has 0 spiro atoms. The van der Waals surface area contributed by atoms with E-state index in [9.17, 15) is 0 Å². The molecule has 1 unspecified atom stereocenters. The predicted molar refractivity (Wildman–Crippen MR) is 97.8 cm³/mol. The molecule has 0 aliphatic heterocycles. The molecule has 1 aromatic carbocycles. The molecular formula is C16H22IN3S. The first kappa shape index (κ1) is 16.8. The molecule has 1 atom stereocenters. The van der Waals surface area contributed by atoms with Gasteiger partial charge in [0.2, 0.25) is 0 Å². The Hall–Kier alpha value is -0.530. The summed E-state index contributed by atoms with van der Waals surface area (Å²) in [5.41, 5.74) is 2.53. The summed E-state index contributed by atoms with van der Waals surface area (Å²) in [6.07, 6.45) is 4.27. The highest BCUT2D eigenvalue weighted by atomic mass is 127. The van der Waals surface area contributed by atoms with Crippen LogP contribution in [-0.4, -0.2) is 16.1 Å². The van der Waals surface area contributed by atoms with Gasteiger partial charge < -0.3 is 5.32 Å². The number of nitrogens with zero attached hydrogens (tertiary/aromatic N) is 2. The molecule has 1 aromatic heterocycles. The van der Waals surface area contributed by atoms with Gasteiger partial charge in [0.05, 0.1) is 10.6 Å². The monoisotopic (exact) mass is 415 g/mol. The molecular weight excluding hydrogens is 393 g/mol. The first-order valence-electron chi connectivity index (χ1n) is 7.53. The Kier molecular flexibility index (Phi) is 7.06. The molecule has 21 heavy (non-hydrogen) atoms. The van der Waals surface area contributed by atoms with Gasteiger partial charge in [-0.05, 0) is 77.6 Å². The Morgan fingerprint density at radius 1 is 1.19 bits per heavy atom. The first-order valence-corrected chi connectivity index (χ1v) is 9.38. The Balaban J connectivity index is 2.16. The van der Waals surface area contributed by atoms with Crippen molar-refractivity contribution in [2.45, 2.75) is 45.6 Å². The van der Waals surface area contributed by atoms with E-state index in [4.69, 9.17) is 0 Å². The van der Waals surface area contributed by atoms with E-state index in [1.165, 1.54) is 19.7 Å². The maximum Gasteiger partial charge on any atom is 0.0803 e. The SMILES string of the molecule is CCCNC(Cc1ccc(I)cc1)c1snnc1CCC. The predicted octanol–water partition coefficient (Wildman–Crippen LogP) is 4.38. The molecule has 0 bridgehead atoms. The zero-order chi connectivity index (χ0) is 15.1. The molecule has 0 aliphatic carbocycles. The van der Waals surface area contributed by atoms with Crippen LogP contribution in [0.5, 0.6) is 0 Å². The summed E-state index contributed by atoms with van der Waals surface area (Å²) in [7, 11) is 0. The van der Waals surface area contributed by atoms with Crippen LogP contribution in [0.15, 0.2) is 24.3 Å². The summed E-state index contributed by atoms with van der Waals surface area (Å²) in [4.78, 5) is 1.31. The minimum Gasteiger partial charge on any atom is -0.309 e. The number of aryl methyl sites for hydroxylation is 1. The molecule has 2 rings (SSSR count). The first-order chi connectivity index (χ1) is 10.2. The number of hydrogen-bond donors (Lipinski definition) is 1. The van der Waals surface area contributed by atoms with E-state index in [1.807, 2.05) is 0 Å². The maximum absolute atomic E-state index is 4.32. The van der Waals surface area contributed by atoms with Gasteiger partial charge in [0.1, 0.15) is 0 Å². The fourth-order valence-corrected chi connectivity index (χ4v) is 3.45. The summed E-state index contributed by atoms with van der Waals surface area (Å²) in [5, 5.41) is 7.98. The van der Waals surface area contributed by atoms with Crippen LogP contribution in [0.4, 0.5) is 0 Å². The van der Waals surface area contributed by atoms with Crippen LogP contribution in [0.3, 0.4) is 0 Å². The number of rotatable bonds is 8. The Morgan fingerprint density at radius 2 is 1.95 bits per heavy atom. The lowest BCUT2D eigenvalue weighted by Crippen LogP contribution is -2.24. The molecule has 0 saturated heterocycles. The number of benzene rings is 1. The molecule has 1 heterocycles. The van der Waals surface area contributed by atoms with Crippen molar-refractivity contribution in [1.82, 2.24) is 14.9 Å². The fraction of sp³-hybridized carbons (Fsp3) is 0.500. The molecule has 0 radical (unpaired) electrons. The van der Waals surface area contributed by atoms with Gasteiger partial charge in [0.25, 0.3) is 0 Å². The quantitative estimate of drug-likeness (QED) is 0.651. The van der Waals surface area contributed by atoms with Gasteiger partial charge in [-0.2, -0.15) is 0 Å². The number of hydrogen-bond acceptors (Lipinski definition) is 4. The lowest BCUT2D eigenvalue weighted by molar-refractivity contribution is 0.531. The van der Waals surface area contributed by atoms with Crippen molar-refractivity contribution in [2.75, 3.05) is 6.54 Å². The van der Waals surface area contributed by atoms with Crippen LogP contribution >= 0.6 is 34.1 Å². The van der Waals surface area contributed by atoms with Crippen molar-refractivity contribution in [3.8, 4) is 0 Å². The van der Waals surface area contributed by atoms with Crippen LogP contribution in [0.25, 0.3) is 0 Å². The van der Waals surface area contributed by atoms with Crippen LogP contribution in [0.2, 0.25) is 0 Å². The third-order valence-electron chi connectivity index (χ3n) is 3.38. The molecule has 3 nitrogen and oxygen atoms in total. The number of halogens is 1. The van der Waals surface area contributed by atoms with Crippen molar-refractivity contribution < 1.29 is 0 Å². The second kappa shape index (κ2) is 8.80. The summed E-state index contributed by atoms with van der Waals surface area (Å²) in [6, 6.07) is 9.11. The van der Waals surface area contributed by atoms with Crippen LogP contribution < -0.4 is 5.32 Å². The minimum atomic E-state index is 0.326. The van der Waals surface area contributed by atoms with Gasteiger partial charge in [-0.25, -0.2) is 0 Å². The summed E-state index contributed by atoms with van der Waals surface area (Å²) in [6.45, 7) is 5.42. The smallest absolute Gasteiger partial charge is 0.0803 e. The van der Waals surface area contributed by atoms with Crippen LogP contribution in [0.1, 0.15) is 48.9 Å². The van der Waals surface area contributed by atoms with E-state index in [-0.39, 0.29) is 0 Å². The van der Waals surface area contributed by atoms with Gasteiger partial charge in [-0.1, -0.05) is 36.9 Å². The van der Waals surface area contributed by atoms with E-state index in [2.05, 4.69) is 75.6 Å². The zero-order valence-corrected chi connectivity index (χ0v) is 15.6. The largest absolute Gasteiger partial charge is 0.309 e. The Bertz CT molecular complexity index is 539. The Labute approximate surface area is 144 Å². The molecule has 0 saturated carbocycles. The molecule has 0 amide bonds. The summed E-state index contributed by atoms with van der Waals surface area (Å²) >= 11 is 3.89. The highest BCUT2D eigenvalue weighted by molar-refractivity contribution is 14.1. The van der Waals surface area contributed by atoms with Gasteiger partial charge in [0, 0.05) is 9.61 Å². The van der Waals surface area contributed by atoms with E-state index in [0.717, 1.165) is 32.2 Å². The van der Waals surface area contributed by atoms with E-state index >= 15 is 0 Å². The number of nitrogens with one attached hydrogen (secondary N) is 1. The average molecular weight is 415 g/mol. The molecule has 0 fully saturated rings. The third kappa shape index (κ3) is 5.00. The second-order valence-corrected chi connectivity index (χ2v) is 7.20. The summed E-state index contributed by atoms with van der Waals surface area (Å²) < 4.78 is 5.45. The van der Waals surface area contributed by atoms with E-state index in [0.29, 0.717) is 6.04 Å². The highest BCUT2D eigenvalue weighted by Crippen LogP contribution is 2.25. The number of aromatic nitrogens is 2. The Morgan fingerprint density at radius 3 is 2.62 bits per heavy atom. The van der Waals surface area contributed by atoms with Gasteiger partial charge in [-0.15, -0.1) is 5.10 Å². The van der Waals surface area contributed by atoms with Crippen molar-refractivity contribution in [3.05, 3.63) is 44.0 Å². The topological polar surface area (TPSA) is 37.8 Å². The molecule has 2 aromatic rings. The molecule has 114 valence electrons. The molecule has 1 N–H and O–H groups in total. The average Bonchev–Trinajstić information content (AvgIpc) is 2.94. The van der Waals surface area contributed by atoms with Crippen molar-refractivity contribution in [1.29, 1.82) is 0 Å². The summed E-state index contributed by atoms with van der Waals surface area (Å²) in [5.74, 6) is 0. The van der Waals surface area contributed by atoms with Gasteiger partial charge >= 0.3 is 0 Å². The van der Waals surface area contributed by atoms with Crippen molar-refractivity contribution in [2.24, 2.45) is 0 Å². The van der Waals surface area contributed by atoms with Crippen LogP contribution in [-0.2, 0) is 12.8 Å². The van der Waals surface area contributed by atoms with Gasteiger partial charge in [-0.3, -0.25) is 0 Å². The highest BCUT2D eigenvalue weighted by Gasteiger charge is 2.18. The van der Waals surface area contributed by atoms with Gasteiger partial charge in [0.15, 0.2) is 0 Å². The van der Waals surface area contributed by atoms with E-state index in [1.54, 1.807) is 11.5 Å². The van der Waals surface area contributed by atoms with Crippen LogP contribution in [0, 0.1) is 3.57 Å². The lowest BCUT2D eigenvalue weighted by Gasteiger charge is -2.18. The normalized spacial score (nSPS) is 12.5. The van der Waals surface area contributed by atoms with Crippen molar-refractivity contribution in [3.63, 3.8) is 0 Å². The zero-order valence-electron chi connectivity index (χ0n) is 12.6. The third-order valence-corrected chi connectivity index (χ3v) is 4.98. The van der Waals surface area contributed by atoms with Crippen molar-refractivity contribution >= 4 is 34.1 Å². The molecule has 0 aliphatic rings. The minimum absolute atomic E-state index is 0.326. The maximum atomic E-state index is 4.32. The van der Waals surface area contributed by atoms with E-state index < -0.39 is 0 Å². The lowest BCUT2D eigenvalue weighted by atomic mass is 10.0. The standard InChI is InChI=1S/C16H22IN3S/c1-3-5-14-16(21-20-19-14)15(18-10-4-2)11-12-6-8-13(17)9-7-12/h6-9,15,18H,3-5,10-11H2,1-2H3. The second-order valence-electron chi connectivity index (χ2n) is 5.17. The fourth-order valence-electron chi connectivity index (χ4n) is 2.32. The molecule has 5 heteroatoms.